The SMILES string of the molecule is CCCOC1C(C(=O)c2ccc(C(=O)OC3CNCC3NC(=O)c3ccc(O)cc3)cc2)=C(F)C(OC)=CC1O. The lowest BCUT2D eigenvalue weighted by Crippen LogP contribution is -2.44. The smallest absolute Gasteiger partial charge is 0.338 e. The van der Waals surface area contributed by atoms with Gasteiger partial charge in [0.2, 0.25) is 0 Å². The number of methoxy groups -OCH3 is 1. The van der Waals surface area contributed by atoms with Crippen LogP contribution in [0.15, 0.2) is 71.8 Å². The Morgan fingerprint density at radius 2 is 1.68 bits per heavy atom. The zero-order valence-corrected chi connectivity index (χ0v) is 22.1. The first-order valence-corrected chi connectivity index (χ1v) is 12.8. The van der Waals surface area contributed by atoms with E-state index < -0.39 is 41.9 Å². The molecule has 0 bridgehead atoms. The maximum atomic E-state index is 15.1. The monoisotopic (exact) mass is 554 g/mol. The molecule has 1 heterocycles. The van der Waals surface area contributed by atoms with Crippen LogP contribution in [0.3, 0.4) is 0 Å². The molecule has 0 aromatic heterocycles. The van der Waals surface area contributed by atoms with E-state index in [4.69, 9.17) is 14.2 Å². The Hall–Kier alpha value is -4.06. The number of carbonyl (C=O) groups excluding carboxylic acids is 3. The van der Waals surface area contributed by atoms with E-state index in [9.17, 15) is 24.6 Å². The maximum absolute atomic E-state index is 15.1. The van der Waals surface area contributed by atoms with Crippen LogP contribution in [0.5, 0.6) is 5.75 Å². The molecule has 212 valence electrons. The number of esters is 1. The number of hydrogen-bond acceptors (Lipinski definition) is 9. The number of hydrogen-bond donors (Lipinski definition) is 4. The third-order valence-electron chi connectivity index (χ3n) is 6.58. The standard InChI is InChI=1S/C29H31FN2O8/c1-3-12-39-27-21(34)13-22(38-2)25(30)24(27)26(35)16-4-6-18(7-5-16)29(37)40-23-15-31-14-20(23)32-28(36)17-8-10-19(33)11-9-17/h4-11,13,20-21,23,27,31,33-34H,3,12,14-15H2,1-2H3,(H,32,36). The lowest BCUT2D eigenvalue weighted by atomic mass is 9.90. The van der Waals surface area contributed by atoms with Gasteiger partial charge in [-0.1, -0.05) is 19.1 Å². The highest BCUT2D eigenvalue weighted by atomic mass is 19.1. The van der Waals surface area contributed by atoms with Crippen molar-refractivity contribution < 1.29 is 43.2 Å². The van der Waals surface area contributed by atoms with Crippen molar-refractivity contribution in [1.29, 1.82) is 0 Å². The van der Waals surface area contributed by atoms with E-state index in [1.54, 1.807) is 0 Å². The number of rotatable bonds is 10. The number of allylic oxidation sites excluding steroid dienone is 1. The first-order valence-electron chi connectivity index (χ1n) is 12.8. The van der Waals surface area contributed by atoms with Gasteiger partial charge in [0, 0.05) is 30.8 Å². The van der Waals surface area contributed by atoms with Gasteiger partial charge in [-0.3, -0.25) is 9.59 Å². The summed E-state index contributed by atoms with van der Waals surface area (Å²) < 4.78 is 31.3. The normalized spacial score (nSPS) is 22.4. The average molecular weight is 555 g/mol. The van der Waals surface area contributed by atoms with Crippen LogP contribution in [-0.4, -0.2) is 79.0 Å². The number of ketones is 1. The van der Waals surface area contributed by atoms with Crippen LogP contribution in [0.4, 0.5) is 4.39 Å². The molecule has 1 aliphatic heterocycles. The molecule has 1 saturated heterocycles. The Morgan fingerprint density at radius 3 is 2.33 bits per heavy atom. The van der Waals surface area contributed by atoms with Crippen LogP contribution in [0.2, 0.25) is 0 Å². The number of phenols is 1. The summed E-state index contributed by atoms with van der Waals surface area (Å²) in [7, 11) is 1.23. The average Bonchev–Trinajstić information content (AvgIpc) is 3.39. The lowest BCUT2D eigenvalue weighted by molar-refractivity contribution is -0.00161. The second-order valence-electron chi connectivity index (χ2n) is 9.38. The molecule has 11 heteroatoms. The molecule has 40 heavy (non-hydrogen) atoms. The van der Waals surface area contributed by atoms with Gasteiger partial charge in [0.15, 0.2) is 17.4 Å². The van der Waals surface area contributed by atoms with Gasteiger partial charge in [-0.2, -0.15) is 0 Å². The fourth-order valence-corrected chi connectivity index (χ4v) is 4.46. The predicted octanol–water partition coefficient (Wildman–Crippen LogP) is 2.43. The Morgan fingerprint density at radius 1 is 1.02 bits per heavy atom. The molecule has 0 spiro atoms. The zero-order valence-electron chi connectivity index (χ0n) is 22.1. The van der Waals surface area contributed by atoms with E-state index in [0.717, 1.165) is 6.08 Å². The summed E-state index contributed by atoms with van der Waals surface area (Å²) in [6.45, 7) is 2.77. The van der Waals surface area contributed by atoms with Crippen molar-refractivity contribution in [3.05, 3.63) is 88.5 Å². The van der Waals surface area contributed by atoms with E-state index in [2.05, 4.69) is 10.6 Å². The van der Waals surface area contributed by atoms with E-state index in [1.807, 2.05) is 6.92 Å². The number of halogens is 1. The van der Waals surface area contributed by atoms with Gasteiger partial charge in [-0.05, 0) is 48.9 Å². The van der Waals surface area contributed by atoms with Crippen LogP contribution in [0.25, 0.3) is 0 Å². The maximum Gasteiger partial charge on any atom is 0.338 e. The number of benzene rings is 2. The van der Waals surface area contributed by atoms with E-state index >= 15 is 4.39 Å². The van der Waals surface area contributed by atoms with Gasteiger partial charge in [0.05, 0.1) is 24.3 Å². The Balaban J connectivity index is 1.44. The minimum atomic E-state index is -1.28. The number of aromatic hydroxyl groups is 1. The fraction of sp³-hybridized carbons (Fsp3) is 0.345. The number of Topliss-reactive ketones (excluding diaryl/α,β-unsaturated/α-hetero) is 1. The molecule has 2 aromatic carbocycles. The van der Waals surface area contributed by atoms with E-state index in [-0.39, 0.29) is 40.7 Å². The van der Waals surface area contributed by atoms with Crippen molar-refractivity contribution >= 4 is 17.7 Å². The molecular formula is C29H31FN2O8. The molecule has 10 nitrogen and oxygen atoms in total. The van der Waals surface area contributed by atoms with Crippen molar-refractivity contribution in [1.82, 2.24) is 10.6 Å². The molecular weight excluding hydrogens is 523 g/mol. The van der Waals surface area contributed by atoms with Crippen LogP contribution >= 0.6 is 0 Å². The van der Waals surface area contributed by atoms with Crippen LogP contribution < -0.4 is 10.6 Å². The second kappa shape index (κ2) is 12.9. The molecule has 0 saturated carbocycles. The summed E-state index contributed by atoms with van der Waals surface area (Å²) in [5.41, 5.74) is 0.224. The topological polar surface area (TPSA) is 143 Å². The quantitative estimate of drug-likeness (QED) is 0.257. The Labute approximate surface area is 230 Å². The summed E-state index contributed by atoms with van der Waals surface area (Å²) >= 11 is 0. The molecule has 1 aliphatic carbocycles. The number of carbonyl (C=O) groups is 3. The van der Waals surface area contributed by atoms with Gasteiger partial charge >= 0.3 is 5.97 Å². The number of aliphatic hydroxyl groups excluding tert-OH is 1. The number of aliphatic hydroxyl groups is 1. The largest absolute Gasteiger partial charge is 0.508 e. The van der Waals surface area contributed by atoms with Gasteiger partial charge in [-0.15, -0.1) is 0 Å². The minimum absolute atomic E-state index is 0.0398. The molecule has 2 aromatic rings. The number of amides is 1. The fourth-order valence-electron chi connectivity index (χ4n) is 4.46. The zero-order chi connectivity index (χ0) is 28.8. The molecule has 4 rings (SSSR count). The third-order valence-corrected chi connectivity index (χ3v) is 6.58. The van der Waals surface area contributed by atoms with E-state index in [1.165, 1.54) is 55.6 Å². The number of nitrogens with one attached hydrogen (secondary N) is 2. The summed E-state index contributed by atoms with van der Waals surface area (Å²) in [6.07, 6.45) is -1.38. The molecule has 1 amide bonds. The summed E-state index contributed by atoms with van der Waals surface area (Å²) in [4.78, 5) is 38.7. The van der Waals surface area contributed by atoms with Gasteiger partial charge in [0.1, 0.15) is 24.1 Å². The van der Waals surface area contributed by atoms with Gasteiger partial charge in [-0.25, -0.2) is 9.18 Å². The van der Waals surface area contributed by atoms with Gasteiger partial charge in [0.25, 0.3) is 5.91 Å². The van der Waals surface area contributed by atoms with Crippen LogP contribution in [0.1, 0.15) is 44.4 Å². The summed E-state index contributed by atoms with van der Waals surface area (Å²) in [5, 5.41) is 25.8. The molecule has 4 atom stereocenters. The second-order valence-corrected chi connectivity index (χ2v) is 9.38. The molecule has 2 aliphatic rings. The first-order chi connectivity index (χ1) is 19.2. The first kappa shape index (κ1) is 28.9. The highest BCUT2D eigenvalue weighted by Gasteiger charge is 2.37. The Bertz CT molecular complexity index is 1310. The Kier molecular flexibility index (Phi) is 9.30. The minimum Gasteiger partial charge on any atom is -0.508 e. The molecule has 4 N–H and O–H groups in total. The van der Waals surface area contributed by atoms with E-state index in [0.29, 0.717) is 25.1 Å². The highest BCUT2D eigenvalue weighted by Crippen LogP contribution is 2.32. The van der Waals surface area contributed by atoms with Crippen LogP contribution in [0, 0.1) is 0 Å². The summed E-state index contributed by atoms with van der Waals surface area (Å²) in [5.74, 6) is -2.89. The van der Waals surface area contributed by atoms with Gasteiger partial charge < -0.3 is 35.1 Å². The predicted molar refractivity (Wildman–Crippen MR) is 141 cm³/mol. The summed E-state index contributed by atoms with van der Waals surface area (Å²) in [6, 6.07) is 10.8. The van der Waals surface area contributed by atoms with Crippen molar-refractivity contribution in [2.45, 2.75) is 37.7 Å². The molecule has 4 unspecified atom stereocenters. The van der Waals surface area contributed by atoms with Crippen molar-refractivity contribution in [2.75, 3.05) is 26.8 Å². The van der Waals surface area contributed by atoms with Crippen molar-refractivity contribution in [3.8, 4) is 5.75 Å². The third kappa shape index (κ3) is 6.39. The number of phenolic OH excluding ortho intramolecular Hbond substituents is 1. The lowest BCUT2D eigenvalue weighted by Gasteiger charge is -2.28. The van der Waals surface area contributed by atoms with Crippen molar-refractivity contribution in [2.24, 2.45) is 0 Å². The van der Waals surface area contributed by atoms with Crippen LogP contribution in [-0.2, 0) is 14.2 Å². The molecule has 1 fully saturated rings. The van der Waals surface area contributed by atoms with Crippen molar-refractivity contribution in [3.63, 3.8) is 0 Å². The molecule has 0 radical (unpaired) electrons. The highest BCUT2D eigenvalue weighted by molar-refractivity contribution is 6.10. The number of ether oxygens (including phenoxy) is 3.